The second-order valence-electron chi connectivity index (χ2n) is 4.36. The van der Waals surface area contributed by atoms with Crippen molar-refractivity contribution in [3.05, 3.63) is 54.1 Å². The summed E-state index contributed by atoms with van der Waals surface area (Å²) in [5, 5.41) is 1.38. The molecule has 4 rings (SSSR count). The van der Waals surface area contributed by atoms with Crippen LogP contribution in [0.25, 0.3) is 31.6 Å². The molecule has 0 N–H and O–H groups in total. The smallest absolute Gasteiger partial charge is 0.223 e. The Labute approximate surface area is 123 Å². The minimum Gasteiger partial charge on any atom is -0.264 e. The van der Waals surface area contributed by atoms with Crippen LogP contribution in [0.1, 0.15) is 0 Å². The summed E-state index contributed by atoms with van der Waals surface area (Å²) in [6.07, 6.45) is 3.54. The highest BCUT2D eigenvalue weighted by atomic mass is 35.5. The minimum atomic E-state index is 0.264. The number of fused-ring (bicyclic) bond motifs is 3. The van der Waals surface area contributed by atoms with Crippen LogP contribution in [-0.4, -0.2) is 15.0 Å². The molecular formula is C15H8ClN3S. The van der Waals surface area contributed by atoms with E-state index in [0.29, 0.717) is 0 Å². The SMILES string of the molecule is Clc1nc(-c2cccnc2)c2sc3ccccc3c2n1. The Hall–Kier alpha value is -2.04. The van der Waals surface area contributed by atoms with E-state index in [1.807, 2.05) is 24.3 Å². The second kappa shape index (κ2) is 4.51. The molecule has 96 valence electrons. The molecule has 0 spiro atoms. The molecule has 1 aromatic carbocycles. The van der Waals surface area contributed by atoms with Crippen LogP contribution in [-0.2, 0) is 0 Å². The van der Waals surface area contributed by atoms with Gasteiger partial charge in [0.05, 0.1) is 15.9 Å². The van der Waals surface area contributed by atoms with Gasteiger partial charge in [0.15, 0.2) is 0 Å². The number of rotatable bonds is 1. The Morgan fingerprint density at radius 2 is 1.90 bits per heavy atom. The van der Waals surface area contributed by atoms with Crippen molar-refractivity contribution in [1.29, 1.82) is 0 Å². The lowest BCUT2D eigenvalue weighted by atomic mass is 10.1. The van der Waals surface area contributed by atoms with Gasteiger partial charge in [-0.25, -0.2) is 9.97 Å². The summed E-state index contributed by atoms with van der Waals surface area (Å²) in [6, 6.07) is 12.1. The first-order chi connectivity index (χ1) is 9.83. The number of nitrogens with zero attached hydrogens (tertiary/aromatic N) is 3. The zero-order chi connectivity index (χ0) is 13.5. The Balaban J connectivity index is 2.16. The Bertz CT molecular complexity index is 918. The van der Waals surface area contributed by atoms with Crippen molar-refractivity contribution in [3.63, 3.8) is 0 Å². The summed E-state index contributed by atoms with van der Waals surface area (Å²) in [5.41, 5.74) is 2.70. The molecule has 0 saturated carbocycles. The first-order valence-electron chi connectivity index (χ1n) is 6.08. The molecule has 0 fully saturated rings. The number of benzene rings is 1. The van der Waals surface area contributed by atoms with Crippen molar-refractivity contribution in [2.45, 2.75) is 0 Å². The maximum absolute atomic E-state index is 6.09. The molecule has 0 atom stereocenters. The molecule has 0 unspecified atom stereocenters. The molecule has 0 aliphatic heterocycles. The lowest BCUT2D eigenvalue weighted by Gasteiger charge is -2.02. The Kier molecular flexibility index (Phi) is 2.65. The predicted octanol–water partition coefficient (Wildman–Crippen LogP) is 4.56. The third-order valence-corrected chi connectivity index (χ3v) is 4.46. The van der Waals surface area contributed by atoms with E-state index >= 15 is 0 Å². The highest BCUT2D eigenvalue weighted by Gasteiger charge is 2.14. The zero-order valence-corrected chi connectivity index (χ0v) is 11.8. The van der Waals surface area contributed by atoms with Crippen LogP contribution in [0, 0.1) is 0 Å². The van der Waals surface area contributed by atoms with Crippen LogP contribution in [0.2, 0.25) is 5.28 Å². The largest absolute Gasteiger partial charge is 0.264 e. The maximum Gasteiger partial charge on any atom is 0.223 e. The van der Waals surface area contributed by atoms with Crippen LogP contribution in [0.5, 0.6) is 0 Å². The molecule has 3 aromatic heterocycles. The molecule has 0 bridgehead atoms. The molecule has 0 saturated heterocycles. The first kappa shape index (κ1) is 11.8. The number of pyridine rings is 1. The van der Waals surface area contributed by atoms with E-state index in [-0.39, 0.29) is 5.28 Å². The van der Waals surface area contributed by atoms with Crippen molar-refractivity contribution < 1.29 is 0 Å². The molecule has 0 radical (unpaired) electrons. The van der Waals surface area contributed by atoms with Crippen LogP contribution in [0.15, 0.2) is 48.8 Å². The lowest BCUT2D eigenvalue weighted by Crippen LogP contribution is -1.89. The second-order valence-corrected chi connectivity index (χ2v) is 5.75. The summed E-state index contributed by atoms with van der Waals surface area (Å²) in [5.74, 6) is 0. The van der Waals surface area contributed by atoms with E-state index < -0.39 is 0 Å². The minimum absolute atomic E-state index is 0.264. The van der Waals surface area contributed by atoms with Crippen LogP contribution >= 0.6 is 22.9 Å². The summed E-state index contributed by atoms with van der Waals surface area (Å²) >= 11 is 7.77. The third kappa shape index (κ3) is 1.77. The summed E-state index contributed by atoms with van der Waals surface area (Å²) in [4.78, 5) is 12.9. The van der Waals surface area contributed by atoms with Gasteiger partial charge in [-0.3, -0.25) is 4.98 Å². The van der Waals surface area contributed by atoms with E-state index in [2.05, 4.69) is 27.1 Å². The van der Waals surface area contributed by atoms with E-state index in [4.69, 9.17) is 11.6 Å². The van der Waals surface area contributed by atoms with Crippen molar-refractivity contribution in [2.75, 3.05) is 0 Å². The molecule has 3 heterocycles. The molecule has 0 aliphatic carbocycles. The van der Waals surface area contributed by atoms with Crippen molar-refractivity contribution in [3.8, 4) is 11.3 Å². The van der Waals surface area contributed by atoms with Gasteiger partial charge in [-0.1, -0.05) is 18.2 Å². The fourth-order valence-electron chi connectivity index (χ4n) is 2.26. The van der Waals surface area contributed by atoms with Gasteiger partial charge in [0, 0.05) is 28.0 Å². The number of aromatic nitrogens is 3. The lowest BCUT2D eigenvalue weighted by molar-refractivity contribution is 1.22. The van der Waals surface area contributed by atoms with Gasteiger partial charge in [0.1, 0.15) is 0 Å². The van der Waals surface area contributed by atoms with Crippen molar-refractivity contribution in [1.82, 2.24) is 15.0 Å². The van der Waals surface area contributed by atoms with Gasteiger partial charge in [-0.2, -0.15) is 0 Å². The normalized spacial score (nSPS) is 11.2. The van der Waals surface area contributed by atoms with Gasteiger partial charge >= 0.3 is 0 Å². The third-order valence-electron chi connectivity index (χ3n) is 3.13. The van der Waals surface area contributed by atoms with Gasteiger partial charge in [-0.05, 0) is 29.8 Å². The summed E-state index contributed by atoms with van der Waals surface area (Å²) < 4.78 is 2.23. The zero-order valence-electron chi connectivity index (χ0n) is 10.2. The highest BCUT2D eigenvalue weighted by Crippen LogP contribution is 2.38. The Morgan fingerprint density at radius 1 is 1.00 bits per heavy atom. The molecular weight excluding hydrogens is 290 g/mol. The van der Waals surface area contributed by atoms with Crippen LogP contribution in [0.4, 0.5) is 0 Å². The number of hydrogen-bond donors (Lipinski definition) is 0. The van der Waals surface area contributed by atoms with E-state index in [9.17, 15) is 0 Å². The van der Waals surface area contributed by atoms with E-state index in [1.54, 1.807) is 23.7 Å². The topological polar surface area (TPSA) is 38.7 Å². The van der Waals surface area contributed by atoms with Gasteiger partial charge in [-0.15, -0.1) is 11.3 Å². The quantitative estimate of drug-likeness (QED) is 0.483. The molecule has 3 nitrogen and oxygen atoms in total. The number of halogens is 1. The summed E-state index contributed by atoms with van der Waals surface area (Å²) in [6.45, 7) is 0. The van der Waals surface area contributed by atoms with Gasteiger partial charge < -0.3 is 0 Å². The standard InChI is InChI=1S/C15H8ClN3S/c16-15-18-12(9-4-3-7-17-8-9)14-13(19-15)10-5-1-2-6-11(10)20-14/h1-8H. The Morgan fingerprint density at radius 3 is 2.75 bits per heavy atom. The summed E-state index contributed by atoms with van der Waals surface area (Å²) in [7, 11) is 0. The first-order valence-corrected chi connectivity index (χ1v) is 7.27. The van der Waals surface area contributed by atoms with Crippen LogP contribution < -0.4 is 0 Å². The molecule has 0 aliphatic rings. The fourth-order valence-corrected chi connectivity index (χ4v) is 3.58. The highest BCUT2D eigenvalue weighted by molar-refractivity contribution is 7.26. The average molecular weight is 298 g/mol. The number of thiophene rings is 1. The van der Waals surface area contributed by atoms with Gasteiger partial charge in [0.25, 0.3) is 0 Å². The van der Waals surface area contributed by atoms with Crippen molar-refractivity contribution >= 4 is 43.2 Å². The average Bonchev–Trinajstić information content (AvgIpc) is 2.86. The molecule has 5 heteroatoms. The van der Waals surface area contributed by atoms with E-state index in [1.165, 1.54) is 4.70 Å². The van der Waals surface area contributed by atoms with Gasteiger partial charge in [0.2, 0.25) is 5.28 Å². The molecule has 20 heavy (non-hydrogen) atoms. The van der Waals surface area contributed by atoms with Crippen LogP contribution in [0.3, 0.4) is 0 Å². The van der Waals surface area contributed by atoms with E-state index in [0.717, 1.165) is 26.9 Å². The predicted molar refractivity (Wildman–Crippen MR) is 83.2 cm³/mol. The molecule has 0 amide bonds. The van der Waals surface area contributed by atoms with Crippen molar-refractivity contribution in [2.24, 2.45) is 0 Å². The fraction of sp³-hybridized carbons (Fsp3) is 0. The molecule has 4 aromatic rings. The maximum atomic E-state index is 6.09. The monoisotopic (exact) mass is 297 g/mol. The number of hydrogen-bond acceptors (Lipinski definition) is 4.